The Morgan fingerprint density at radius 3 is 1.60 bits per heavy atom. The first-order valence-corrected chi connectivity index (χ1v) is 11.2. The maximum atomic E-state index is 10.5. The van der Waals surface area contributed by atoms with Crippen LogP contribution in [0, 0.1) is 0 Å². The van der Waals surface area contributed by atoms with Crippen molar-refractivity contribution in [2.45, 2.75) is 51.4 Å². The van der Waals surface area contributed by atoms with Crippen molar-refractivity contribution >= 4 is 24.5 Å². The van der Waals surface area contributed by atoms with Crippen molar-refractivity contribution < 1.29 is 9.90 Å². The molecular weight excluding hydrogens is 327 g/mol. The second-order valence-electron chi connectivity index (χ2n) is 6.58. The first-order valence-electron chi connectivity index (χ1n) is 9.46. The van der Waals surface area contributed by atoms with Gasteiger partial charge in [0.25, 0.3) is 0 Å². The molecule has 0 atom stereocenters. The predicted octanol–water partition coefficient (Wildman–Crippen LogP) is 5.06. The van der Waals surface area contributed by atoms with E-state index in [4.69, 9.17) is 5.11 Å². The van der Waals surface area contributed by atoms with E-state index in [1.807, 2.05) is 0 Å². The van der Waals surface area contributed by atoms with Crippen molar-refractivity contribution in [2.24, 2.45) is 0 Å². The van der Waals surface area contributed by atoms with E-state index in [2.05, 4.69) is 60.7 Å². The maximum absolute atomic E-state index is 10.5. The Hall–Kier alpha value is -1.66. The Balaban J connectivity index is 1.71. The third-order valence-electron chi connectivity index (χ3n) is 4.56. The van der Waals surface area contributed by atoms with Gasteiger partial charge >= 0.3 is 5.97 Å². The lowest BCUT2D eigenvalue weighted by atomic mass is 10.1. The first-order chi connectivity index (χ1) is 12.3. The summed E-state index contributed by atoms with van der Waals surface area (Å²) in [6.45, 7) is 0. The molecule has 3 heteroatoms. The largest absolute Gasteiger partial charge is 0.481 e. The Morgan fingerprint density at radius 1 is 0.680 bits per heavy atom. The van der Waals surface area contributed by atoms with Gasteiger partial charge in [-0.2, -0.15) is 0 Å². The SMILES string of the molecule is O=C(O)CCCCCCCCC[PH+](c1ccccc1)c1ccccc1. The van der Waals surface area contributed by atoms with Gasteiger partial charge in [-0.05, 0) is 43.5 Å². The molecule has 0 aliphatic rings. The molecule has 0 amide bonds. The van der Waals surface area contributed by atoms with Gasteiger partial charge in [0.1, 0.15) is 0 Å². The summed E-state index contributed by atoms with van der Waals surface area (Å²) in [6, 6.07) is 21.9. The van der Waals surface area contributed by atoms with Gasteiger partial charge in [0.15, 0.2) is 0 Å². The van der Waals surface area contributed by atoms with E-state index in [9.17, 15) is 4.79 Å². The van der Waals surface area contributed by atoms with Crippen LogP contribution in [-0.2, 0) is 4.79 Å². The molecule has 2 nitrogen and oxygen atoms in total. The highest BCUT2D eigenvalue weighted by Gasteiger charge is 2.21. The van der Waals surface area contributed by atoms with Gasteiger partial charge in [-0.25, -0.2) is 0 Å². The van der Waals surface area contributed by atoms with Crippen molar-refractivity contribution in [1.29, 1.82) is 0 Å². The van der Waals surface area contributed by atoms with Crippen LogP contribution in [0.15, 0.2) is 60.7 Å². The highest BCUT2D eigenvalue weighted by Crippen LogP contribution is 2.34. The zero-order chi connectivity index (χ0) is 17.7. The molecule has 0 saturated heterocycles. The smallest absolute Gasteiger partial charge is 0.303 e. The molecule has 0 aromatic heterocycles. The van der Waals surface area contributed by atoms with Crippen LogP contribution in [0.1, 0.15) is 51.4 Å². The monoisotopic (exact) mass is 357 g/mol. The lowest BCUT2D eigenvalue weighted by Crippen LogP contribution is -2.13. The van der Waals surface area contributed by atoms with E-state index in [0.717, 1.165) is 12.8 Å². The zero-order valence-corrected chi connectivity index (χ0v) is 16.0. The van der Waals surface area contributed by atoms with Gasteiger partial charge in [-0.15, -0.1) is 0 Å². The number of carboxylic acids is 1. The Bertz CT molecular complexity index is 558. The van der Waals surface area contributed by atoms with Gasteiger partial charge in [0.05, 0.1) is 24.7 Å². The number of hydrogen-bond donors (Lipinski definition) is 1. The lowest BCUT2D eigenvalue weighted by molar-refractivity contribution is -0.137. The van der Waals surface area contributed by atoms with E-state index in [0.29, 0.717) is 6.42 Å². The quantitative estimate of drug-likeness (QED) is 0.426. The van der Waals surface area contributed by atoms with Crippen molar-refractivity contribution in [1.82, 2.24) is 0 Å². The summed E-state index contributed by atoms with van der Waals surface area (Å²) in [7, 11) is -0.675. The zero-order valence-electron chi connectivity index (χ0n) is 15.0. The number of carbonyl (C=O) groups is 1. The average molecular weight is 357 g/mol. The minimum Gasteiger partial charge on any atom is -0.481 e. The summed E-state index contributed by atoms with van der Waals surface area (Å²) in [5, 5.41) is 11.6. The highest BCUT2D eigenvalue weighted by molar-refractivity contribution is 7.73. The molecule has 0 bridgehead atoms. The normalized spacial score (nSPS) is 10.9. The molecule has 0 heterocycles. The first kappa shape index (κ1) is 19.7. The number of hydrogen-bond acceptors (Lipinski definition) is 1. The molecule has 1 N–H and O–H groups in total. The van der Waals surface area contributed by atoms with Gasteiger partial charge in [0.2, 0.25) is 0 Å². The molecule has 0 aliphatic carbocycles. The van der Waals surface area contributed by atoms with E-state index in [1.165, 1.54) is 48.9 Å². The van der Waals surface area contributed by atoms with Crippen LogP contribution in [0.4, 0.5) is 0 Å². The molecule has 2 rings (SSSR count). The minimum atomic E-state index is -0.675. The Kier molecular flexibility index (Phi) is 9.29. The van der Waals surface area contributed by atoms with Crippen LogP contribution in [0.3, 0.4) is 0 Å². The third-order valence-corrected chi connectivity index (χ3v) is 7.48. The van der Waals surface area contributed by atoms with E-state index in [1.54, 1.807) is 0 Å². The fraction of sp³-hybridized carbons (Fsp3) is 0.409. The molecule has 0 radical (unpaired) electrons. The molecule has 0 fully saturated rings. The highest BCUT2D eigenvalue weighted by atomic mass is 31.1. The van der Waals surface area contributed by atoms with Crippen molar-refractivity contribution in [3.63, 3.8) is 0 Å². The van der Waals surface area contributed by atoms with Crippen LogP contribution in [0.2, 0.25) is 0 Å². The Labute approximate surface area is 153 Å². The van der Waals surface area contributed by atoms with Crippen LogP contribution in [0.5, 0.6) is 0 Å². The van der Waals surface area contributed by atoms with Crippen LogP contribution in [-0.4, -0.2) is 17.2 Å². The average Bonchev–Trinajstić information content (AvgIpc) is 2.64. The van der Waals surface area contributed by atoms with Crippen molar-refractivity contribution in [3.8, 4) is 0 Å². The standard InChI is InChI=1S/C22H29O2P/c23-22(24)18-12-4-2-1-3-5-13-19-25(20-14-8-6-9-15-20)21-16-10-7-11-17-21/h6-11,14-17H,1-5,12-13,18-19H2,(H,23,24)/p+1. The van der Waals surface area contributed by atoms with Crippen LogP contribution in [0.25, 0.3) is 0 Å². The third kappa shape index (κ3) is 7.84. The second-order valence-corrected chi connectivity index (χ2v) is 9.19. The number of rotatable bonds is 12. The number of carboxylic acid groups (broad SMARTS) is 1. The molecule has 0 saturated carbocycles. The fourth-order valence-electron chi connectivity index (χ4n) is 3.20. The topological polar surface area (TPSA) is 37.3 Å². The molecule has 0 unspecified atom stereocenters. The molecule has 134 valence electrons. The number of benzene rings is 2. The van der Waals surface area contributed by atoms with Crippen LogP contribution >= 0.6 is 7.92 Å². The maximum Gasteiger partial charge on any atom is 0.303 e. The summed E-state index contributed by atoms with van der Waals surface area (Å²) in [4.78, 5) is 10.5. The van der Waals surface area contributed by atoms with E-state index < -0.39 is 13.9 Å². The van der Waals surface area contributed by atoms with Gasteiger partial charge < -0.3 is 5.11 Å². The predicted molar refractivity (Wildman–Crippen MR) is 110 cm³/mol. The summed E-state index contributed by atoms with van der Waals surface area (Å²) < 4.78 is 0. The fourth-order valence-corrected chi connectivity index (χ4v) is 5.90. The Morgan fingerprint density at radius 2 is 1.12 bits per heavy atom. The van der Waals surface area contributed by atoms with Crippen LogP contribution < -0.4 is 10.6 Å². The van der Waals surface area contributed by atoms with Crippen molar-refractivity contribution in [2.75, 3.05) is 6.16 Å². The van der Waals surface area contributed by atoms with E-state index in [-0.39, 0.29) is 0 Å². The van der Waals surface area contributed by atoms with Gasteiger partial charge in [-0.1, -0.05) is 62.1 Å². The lowest BCUT2D eigenvalue weighted by Gasteiger charge is -2.10. The molecular formula is C22H30O2P+. The van der Waals surface area contributed by atoms with E-state index >= 15 is 0 Å². The molecule has 2 aromatic rings. The summed E-state index contributed by atoms with van der Waals surface area (Å²) in [6.07, 6.45) is 9.73. The summed E-state index contributed by atoms with van der Waals surface area (Å²) in [5.74, 6) is -0.670. The number of unbranched alkanes of at least 4 members (excludes halogenated alkanes) is 6. The summed E-state index contributed by atoms with van der Waals surface area (Å²) in [5.41, 5.74) is 0. The second kappa shape index (κ2) is 11.8. The molecule has 0 aliphatic heterocycles. The van der Waals surface area contributed by atoms with Gasteiger partial charge in [-0.3, -0.25) is 4.79 Å². The minimum absolute atomic E-state index is 0.319. The number of aliphatic carboxylic acids is 1. The summed E-state index contributed by atoms with van der Waals surface area (Å²) >= 11 is 0. The van der Waals surface area contributed by atoms with Crippen molar-refractivity contribution in [3.05, 3.63) is 60.7 Å². The molecule has 0 spiro atoms. The van der Waals surface area contributed by atoms with Gasteiger partial charge in [0, 0.05) is 6.42 Å². The molecule has 2 aromatic carbocycles. The molecule has 25 heavy (non-hydrogen) atoms.